The molecule has 2 rings (SSSR count). The molecule has 0 aliphatic carbocycles. The number of guanidine groups is 1. The fourth-order valence-electron chi connectivity index (χ4n) is 2.77. The Morgan fingerprint density at radius 1 is 1.15 bits per heavy atom. The Morgan fingerprint density at radius 2 is 1.93 bits per heavy atom. The monoisotopic (exact) mass is 371 g/mol. The second kappa shape index (κ2) is 11.9. The van der Waals surface area contributed by atoms with E-state index in [1.807, 2.05) is 6.07 Å². The molecule has 27 heavy (non-hydrogen) atoms. The SMILES string of the molecule is CCCN=C(NCCCN(C)c1ccccc1)NCCn1cnnc1CC. The third-order valence-electron chi connectivity index (χ3n) is 4.31. The molecular formula is C20H33N7. The summed E-state index contributed by atoms with van der Waals surface area (Å²) in [6.45, 7) is 8.57. The quantitative estimate of drug-likeness (QED) is 0.360. The Balaban J connectivity index is 1.72. The number of nitrogens with one attached hydrogen (secondary N) is 2. The summed E-state index contributed by atoms with van der Waals surface area (Å²) in [5.41, 5.74) is 1.25. The van der Waals surface area contributed by atoms with Gasteiger partial charge in [-0.2, -0.15) is 0 Å². The first-order valence-electron chi connectivity index (χ1n) is 9.89. The molecule has 1 heterocycles. The average molecular weight is 372 g/mol. The fourth-order valence-corrected chi connectivity index (χ4v) is 2.77. The van der Waals surface area contributed by atoms with Crippen molar-refractivity contribution in [2.24, 2.45) is 4.99 Å². The zero-order valence-corrected chi connectivity index (χ0v) is 16.9. The van der Waals surface area contributed by atoms with E-state index in [9.17, 15) is 0 Å². The van der Waals surface area contributed by atoms with Crippen LogP contribution in [0.3, 0.4) is 0 Å². The lowest BCUT2D eigenvalue weighted by Crippen LogP contribution is -2.40. The van der Waals surface area contributed by atoms with Crippen molar-refractivity contribution in [1.82, 2.24) is 25.4 Å². The average Bonchev–Trinajstić information content (AvgIpc) is 3.16. The molecule has 2 N–H and O–H groups in total. The predicted molar refractivity (Wildman–Crippen MR) is 112 cm³/mol. The minimum Gasteiger partial charge on any atom is -0.375 e. The molecule has 0 radical (unpaired) electrons. The molecule has 148 valence electrons. The first-order valence-corrected chi connectivity index (χ1v) is 9.89. The standard InChI is InChI=1S/C20H33N7/c1-4-12-21-20(23-14-16-27-17-24-25-19(27)5-2)22-13-9-15-26(3)18-10-7-6-8-11-18/h6-8,10-11,17H,4-5,9,12-16H2,1-3H3,(H2,21,22,23). The molecule has 0 saturated carbocycles. The van der Waals surface area contributed by atoms with E-state index in [0.29, 0.717) is 0 Å². The maximum absolute atomic E-state index is 4.62. The molecule has 0 fully saturated rings. The summed E-state index contributed by atoms with van der Waals surface area (Å²) in [5, 5.41) is 15.0. The first kappa shape index (κ1) is 20.7. The van der Waals surface area contributed by atoms with Crippen LogP contribution < -0.4 is 15.5 Å². The van der Waals surface area contributed by atoms with E-state index in [1.54, 1.807) is 6.33 Å². The summed E-state index contributed by atoms with van der Waals surface area (Å²) < 4.78 is 2.08. The Hall–Kier alpha value is -2.57. The lowest BCUT2D eigenvalue weighted by molar-refractivity contribution is 0.629. The number of hydrogen-bond donors (Lipinski definition) is 2. The lowest BCUT2D eigenvalue weighted by Gasteiger charge is -2.20. The van der Waals surface area contributed by atoms with Gasteiger partial charge >= 0.3 is 0 Å². The topological polar surface area (TPSA) is 70.4 Å². The van der Waals surface area contributed by atoms with Crippen LogP contribution in [0.25, 0.3) is 0 Å². The van der Waals surface area contributed by atoms with Gasteiger partial charge in [0.25, 0.3) is 0 Å². The van der Waals surface area contributed by atoms with Crippen molar-refractivity contribution in [3.63, 3.8) is 0 Å². The van der Waals surface area contributed by atoms with Gasteiger partial charge in [-0.25, -0.2) is 0 Å². The molecule has 0 spiro atoms. The number of anilines is 1. The van der Waals surface area contributed by atoms with Gasteiger partial charge in [0.15, 0.2) is 5.96 Å². The van der Waals surface area contributed by atoms with Crippen LogP contribution in [-0.2, 0) is 13.0 Å². The fraction of sp³-hybridized carbons (Fsp3) is 0.550. The normalized spacial score (nSPS) is 11.4. The molecule has 0 unspecified atom stereocenters. The molecule has 0 aliphatic rings. The summed E-state index contributed by atoms with van der Waals surface area (Å²) in [5.74, 6) is 1.89. The number of benzene rings is 1. The molecule has 2 aromatic rings. The van der Waals surface area contributed by atoms with Crippen molar-refractivity contribution in [3.8, 4) is 0 Å². The van der Waals surface area contributed by atoms with Crippen LogP contribution in [0, 0.1) is 0 Å². The third kappa shape index (κ3) is 7.29. The van der Waals surface area contributed by atoms with Gasteiger partial charge in [0, 0.05) is 51.9 Å². The molecule has 0 atom stereocenters. The second-order valence-electron chi connectivity index (χ2n) is 6.49. The summed E-state index contributed by atoms with van der Waals surface area (Å²) in [4.78, 5) is 6.89. The highest BCUT2D eigenvalue weighted by Crippen LogP contribution is 2.10. The van der Waals surface area contributed by atoms with Crippen molar-refractivity contribution in [2.75, 3.05) is 38.1 Å². The van der Waals surface area contributed by atoms with Crippen LogP contribution >= 0.6 is 0 Å². The minimum absolute atomic E-state index is 0.796. The highest BCUT2D eigenvalue weighted by atomic mass is 15.3. The summed E-state index contributed by atoms with van der Waals surface area (Å²) in [6, 6.07) is 10.5. The van der Waals surface area contributed by atoms with E-state index in [1.165, 1.54) is 5.69 Å². The van der Waals surface area contributed by atoms with E-state index in [2.05, 4.69) is 80.5 Å². The Kier molecular flexibility index (Phi) is 9.17. The van der Waals surface area contributed by atoms with Gasteiger partial charge in [-0.15, -0.1) is 10.2 Å². The minimum atomic E-state index is 0.796. The van der Waals surface area contributed by atoms with Gasteiger partial charge in [0.05, 0.1) is 0 Å². The Labute approximate surface area is 162 Å². The molecule has 7 heteroatoms. The number of rotatable bonds is 11. The smallest absolute Gasteiger partial charge is 0.191 e. The van der Waals surface area contributed by atoms with Gasteiger partial charge in [0.2, 0.25) is 0 Å². The third-order valence-corrected chi connectivity index (χ3v) is 4.31. The van der Waals surface area contributed by atoms with Gasteiger partial charge in [-0.05, 0) is 25.0 Å². The largest absolute Gasteiger partial charge is 0.375 e. The van der Waals surface area contributed by atoms with E-state index in [4.69, 9.17) is 0 Å². The molecule has 0 aliphatic heterocycles. The molecular weight excluding hydrogens is 338 g/mol. The molecule has 0 saturated heterocycles. The van der Waals surface area contributed by atoms with Crippen LogP contribution in [0.5, 0.6) is 0 Å². The van der Waals surface area contributed by atoms with Crippen molar-refractivity contribution < 1.29 is 0 Å². The molecule has 0 amide bonds. The summed E-state index contributed by atoms with van der Waals surface area (Å²) in [7, 11) is 2.13. The van der Waals surface area contributed by atoms with Gasteiger partial charge in [-0.3, -0.25) is 4.99 Å². The number of aliphatic imine (C=N–C) groups is 1. The molecule has 1 aromatic heterocycles. The van der Waals surface area contributed by atoms with Gasteiger partial charge < -0.3 is 20.1 Å². The zero-order chi connectivity index (χ0) is 19.3. The number of para-hydroxylation sites is 1. The highest BCUT2D eigenvalue weighted by Gasteiger charge is 2.03. The predicted octanol–water partition coefficient (Wildman–Crippen LogP) is 2.31. The van der Waals surface area contributed by atoms with Gasteiger partial charge in [-0.1, -0.05) is 32.0 Å². The van der Waals surface area contributed by atoms with Crippen molar-refractivity contribution in [2.45, 2.75) is 39.7 Å². The maximum atomic E-state index is 4.62. The Morgan fingerprint density at radius 3 is 2.67 bits per heavy atom. The number of hydrogen-bond acceptors (Lipinski definition) is 4. The molecule has 0 bridgehead atoms. The summed E-state index contributed by atoms with van der Waals surface area (Å²) in [6.07, 6.45) is 4.76. The van der Waals surface area contributed by atoms with E-state index >= 15 is 0 Å². The first-order chi connectivity index (χ1) is 13.2. The van der Waals surface area contributed by atoms with Crippen molar-refractivity contribution in [1.29, 1.82) is 0 Å². The summed E-state index contributed by atoms with van der Waals surface area (Å²) >= 11 is 0. The maximum Gasteiger partial charge on any atom is 0.191 e. The van der Waals surface area contributed by atoms with E-state index in [0.717, 1.165) is 63.8 Å². The zero-order valence-electron chi connectivity index (χ0n) is 16.9. The second-order valence-corrected chi connectivity index (χ2v) is 6.49. The van der Waals surface area contributed by atoms with Crippen LogP contribution in [0.15, 0.2) is 41.7 Å². The van der Waals surface area contributed by atoms with Crippen LogP contribution in [0.2, 0.25) is 0 Å². The molecule has 1 aromatic carbocycles. The lowest BCUT2D eigenvalue weighted by atomic mass is 10.3. The Bertz CT molecular complexity index is 666. The van der Waals surface area contributed by atoms with Crippen LogP contribution in [0.4, 0.5) is 5.69 Å². The number of nitrogens with zero attached hydrogens (tertiary/aromatic N) is 5. The van der Waals surface area contributed by atoms with E-state index in [-0.39, 0.29) is 0 Å². The van der Waals surface area contributed by atoms with Crippen molar-refractivity contribution in [3.05, 3.63) is 42.5 Å². The van der Waals surface area contributed by atoms with Gasteiger partial charge in [0.1, 0.15) is 12.2 Å². The van der Waals surface area contributed by atoms with Crippen LogP contribution in [0.1, 0.15) is 32.5 Å². The molecule has 7 nitrogen and oxygen atoms in total. The number of aryl methyl sites for hydroxylation is 1. The number of aromatic nitrogens is 3. The van der Waals surface area contributed by atoms with Crippen LogP contribution in [-0.4, -0.2) is 54.0 Å². The van der Waals surface area contributed by atoms with E-state index < -0.39 is 0 Å². The highest BCUT2D eigenvalue weighted by molar-refractivity contribution is 5.79. The van der Waals surface area contributed by atoms with Crippen molar-refractivity contribution >= 4 is 11.6 Å².